The molecule has 4 atom stereocenters. The summed E-state index contributed by atoms with van der Waals surface area (Å²) >= 11 is 0. The van der Waals surface area contributed by atoms with Gasteiger partial charge in [0.1, 0.15) is 17.1 Å². The Labute approximate surface area is 140 Å². The lowest BCUT2D eigenvalue weighted by atomic mass is 9.44. The second-order valence-corrected chi connectivity index (χ2v) is 9.40. The van der Waals surface area contributed by atoms with Crippen molar-refractivity contribution in [1.29, 1.82) is 0 Å². The van der Waals surface area contributed by atoms with Crippen LogP contribution in [-0.4, -0.2) is 10.7 Å². The largest absolute Gasteiger partial charge is 0.508 e. The van der Waals surface area contributed by atoms with Gasteiger partial charge in [-0.05, 0) is 79.5 Å². The number of fused-ring (bicyclic) bond motifs is 4. The topological polar surface area (TPSA) is 29.5 Å². The van der Waals surface area contributed by atoms with Crippen LogP contribution in [0.5, 0.6) is 11.5 Å². The Hall–Kier alpha value is -1.18. The molecule has 4 rings (SSSR count). The predicted octanol–water partition coefficient (Wildman–Crippen LogP) is 5.33. The number of hydrogen-bond donors (Lipinski definition) is 1. The zero-order chi connectivity index (χ0) is 16.5. The van der Waals surface area contributed by atoms with E-state index < -0.39 is 0 Å². The first kappa shape index (κ1) is 15.4. The zero-order valence-corrected chi connectivity index (χ0v) is 15.0. The minimum atomic E-state index is -0.0529. The molecule has 0 radical (unpaired) electrons. The van der Waals surface area contributed by atoms with Crippen molar-refractivity contribution in [2.24, 2.45) is 22.7 Å². The quantitative estimate of drug-likeness (QED) is 0.701. The van der Waals surface area contributed by atoms with E-state index >= 15 is 0 Å². The Morgan fingerprint density at radius 1 is 1.04 bits per heavy atom. The highest BCUT2D eigenvalue weighted by molar-refractivity contribution is 5.42. The lowest BCUT2D eigenvalue weighted by molar-refractivity contribution is -0.162. The van der Waals surface area contributed by atoms with Crippen LogP contribution in [0.2, 0.25) is 0 Å². The van der Waals surface area contributed by atoms with Crippen LogP contribution < -0.4 is 4.74 Å². The van der Waals surface area contributed by atoms with E-state index in [1.165, 1.54) is 31.2 Å². The second kappa shape index (κ2) is 4.68. The Morgan fingerprint density at radius 3 is 2.61 bits per heavy atom. The second-order valence-electron chi connectivity index (χ2n) is 9.40. The van der Waals surface area contributed by atoms with E-state index in [1.54, 1.807) is 6.07 Å². The summed E-state index contributed by atoms with van der Waals surface area (Å²) in [5, 5.41) is 9.87. The van der Waals surface area contributed by atoms with Gasteiger partial charge in [0.05, 0.1) is 0 Å². The van der Waals surface area contributed by atoms with Crippen molar-refractivity contribution in [2.45, 2.75) is 71.8 Å². The van der Waals surface area contributed by atoms with Gasteiger partial charge < -0.3 is 9.84 Å². The molecule has 2 aliphatic carbocycles. The Bertz CT molecular complexity index is 635. The first-order valence-electron chi connectivity index (χ1n) is 9.26. The molecule has 1 aromatic carbocycles. The molecule has 2 fully saturated rings. The lowest BCUT2D eigenvalue weighted by Gasteiger charge is -2.63. The first-order chi connectivity index (χ1) is 10.7. The molecule has 0 saturated heterocycles. The summed E-state index contributed by atoms with van der Waals surface area (Å²) in [6, 6.07) is 5.61. The highest BCUT2D eigenvalue weighted by atomic mass is 16.5. The van der Waals surface area contributed by atoms with E-state index in [4.69, 9.17) is 4.74 Å². The monoisotopic (exact) mass is 314 g/mol. The third kappa shape index (κ3) is 2.13. The fourth-order valence-electron chi connectivity index (χ4n) is 6.47. The summed E-state index contributed by atoms with van der Waals surface area (Å²) in [5.41, 5.74) is 1.92. The molecule has 1 aliphatic heterocycles. The number of benzene rings is 1. The van der Waals surface area contributed by atoms with Crippen molar-refractivity contribution in [1.82, 2.24) is 0 Å². The van der Waals surface area contributed by atoms with Crippen LogP contribution >= 0.6 is 0 Å². The molecule has 1 aromatic rings. The van der Waals surface area contributed by atoms with Crippen molar-refractivity contribution in [3.8, 4) is 11.5 Å². The highest BCUT2D eigenvalue weighted by Gasteiger charge is 2.60. The molecule has 0 amide bonds. The standard InChI is InChI=1S/C21H30O2/c1-19(2)9-5-10-20(3)17(19)8-11-21(4)18(20)13-14-12-15(22)6-7-16(14)23-21/h6-7,12,17-18,22H,5,8-11,13H2,1-4H3/t17?,18?,20-,21+/m0/s1. The molecular formula is C21H30O2. The predicted molar refractivity (Wildman–Crippen MR) is 92.8 cm³/mol. The molecule has 2 heteroatoms. The number of ether oxygens (including phenoxy) is 1. The normalized spacial score (nSPS) is 41.2. The zero-order valence-electron chi connectivity index (χ0n) is 15.0. The van der Waals surface area contributed by atoms with Crippen LogP contribution in [-0.2, 0) is 6.42 Å². The molecule has 1 heterocycles. The van der Waals surface area contributed by atoms with Gasteiger partial charge in [0.25, 0.3) is 0 Å². The van der Waals surface area contributed by atoms with Crippen molar-refractivity contribution in [3.05, 3.63) is 23.8 Å². The molecule has 0 spiro atoms. The summed E-state index contributed by atoms with van der Waals surface area (Å²) in [4.78, 5) is 0. The summed E-state index contributed by atoms with van der Waals surface area (Å²) in [5.74, 6) is 2.67. The highest BCUT2D eigenvalue weighted by Crippen LogP contribution is 2.64. The smallest absolute Gasteiger partial charge is 0.123 e. The maximum Gasteiger partial charge on any atom is 0.123 e. The number of phenolic OH excluding ortho intramolecular Hbond substituents is 1. The average Bonchev–Trinajstić information content (AvgIpc) is 2.45. The molecule has 0 bridgehead atoms. The minimum absolute atomic E-state index is 0.0529. The number of hydrogen-bond acceptors (Lipinski definition) is 2. The van der Waals surface area contributed by atoms with E-state index in [-0.39, 0.29) is 5.60 Å². The maximum atomic E-state index is 9.87. The van der Waals surface area contributed by atoms with Crippen molar-refractivity contribution < 1.29 is 9.84 Å². The third-order valence-electron chi connectivity index (χ3n) is 7.55. The van der Waals surface area contributed by atoms with Gasteiger partial charge in [-0.2, -0.15) is 0 Å². The summed E-state index contributed by atoms with van der Waals surface area (Å²) in [6.07, 6.45) is 7.49. The van der Waals surface area contributed by atoms with Crippen LogP contribution in [0.15, 0.2) is 18.2 Å². The SMILES string of the molecule is CC1(C)CCC[C@@]2(C)C1CC[C@@]1(C)Oc3ccc(O)cc3CC21. The van der Waals surface area contributed by atoms with Crippen LogP contribution in [0.25, 0.3) is 0 Å². The fraction of sp³-hybridized carbons (Fsp3) is 0.714. The number of rotatable bonds is 0. The molecule has 0 aromatic heterocycles. The van der Waals surface area contributed by atoms with Crippen molar-refractivity contribution in [2.75, 3.05) is 0 Å². The summed E-state index contributed by atoms with van der Waals surface area (Å²) in [7, 11) is 0. The van der Waals surface area contributed by atoms with Crippen LogP contribution in [0, 0.1) is 22.7 Å². The van der Waals surface area contributed by atoms with E-state index in [0.717, 1.165) is 24.5 Å². The molecular weight excluding hydrogens is 284 g/mol. The molecule has 2 nitrogen and oxygen atoms in total. The van der Waals surface area contributed by atoms with Gasteiger partial charge in [0.2, 0.25) is 0 Å². The van der Waals surface area contributed by atoms with E-state index in [1.807, 2.05) is 12.1 Å². The van der Waals surface area contributed by atoms with Gasteiger partial charge in [-0.15, -0.1) is 0 Å². The first-order valence-corrected chi connectivity index (χ1v) is 9.26. The Morgan fingerprint density at radius 2 is 1.83 bits per heavy atom. The van der Waals surface area contributed by atoms with Gasteiger partial charge in [0.15, 0.2) is 0 Å². The summed E-state index contributed by atoms with van der Waals surface area (Å²) < 4.78 is 6.55. The number of phenols is 1. The van der Waals surface area contributed by atoms with E-state index in [2.05, 4.69) is 27.7 Å². The molecule has 23 heavy (non-hydrogen) atoms. The Balaban J connectivity index is 1.77. The van der Waals surface area contributed by atoms with Crippen molar-refractivity contribution >= 4 is 0 Å². The lowest BCUT2D eigenvalue weighted by Crippen LogP contribution is -2.61. The van der Waals surface area contributed by atoms with E-state index in [9.17, 15) is 5.11 Å². The number of aromatic hydroxyl groups is 1. The minimum Gasteiger partial charge on any atom is -0.508 e. The Kier molecular flexibility index (Phi) is 3.12. The molecule has 2 unspecified atom stereocenters. The van der Waals surface area contributed by atoms with E-state index in [0.29, 0.717) is 22.5 Å². The maximum absolute atomic E-state index is 9.87. The van der Waals surface area contributed by atoms with Gasteiger partial charge >= 0.3 is 0 Å². The molecule has 3 aliphatic rings. The molecule has 126 valence electrons. The van der Waals surface area contributed by atoms with Gasteiger partial charge in [-0.3, -0.25) is 0 Å². The third-order valence-corrected chi connectivity index (χ3v) is 7.55. The molecule has 1 N–H and O–H groups in total. The average molecular weight is 314 g/mol. The van der Waals surface area contributed by atoms with Crippen LogP contribution in [0.3, 0.4) is 0 Å². The van der Waals surface area contributed by atoms with Gasteiger partial charge in [-0.1, -0.05) is 27.2 Å². The van der Waals surface area contributed by atoms with Gasteiger partial charge in [0, 0.05) is 5.92 Å². The van der Waals surface area contributed by atoms with Crippen LogP contribution in [0.1, 0.15) is 65.4 Å². The van der Waals surface area contributed by atoms with Gasteiger partial charge in [-0.25, -0.2) is 0 Å². The summed E-state index contributed by atoms with van der Waals surface area (Å²) in [6.45, 7) is 9.80. The van der Waals surface area contributed by atoms with Crippen LogP contribution in [0.4, 0.5) is 0 Å². The molecule has 2 saturated carbocycles. The van der Waals surface area contributed by atoms with Crippen molar-refractivity contribution in [3.63, 3.8) is 0 Å². The fourth-order valence-corrected chi connectivity index (χ4v) is 6.47.